The Morgan fingerprint density at radius 1 is 0.829 bits per heavy atom. The van der Waals surface area contributed by atoms with E-state index in [1.54, 1.807) is 6.26 Å². The number of unbranched alkanes of at least 4 members (excludes halogenated alkanes) is 1. The Labute approximate surface area is 207 Å². The topological polar surface area (TPSA) is 257 Å². The largest absolute Gasteiger partial charge is 0.481 e. The third kappa shape index (κ3) is 14.2. The number of rotatable bonds is 19. The summed E-state index contributed by atoms with van der Waals surface area (Å²) >= 11 is 1.40. The monoisotopic (exact) mass is 520 g/mol. The number of aliphatic carboxylic acids is 2. The quantitative estimate of drug-likeness (QED) is 0.0824. The van der Waals surface area contributed by atoms with Gasteiger partial charge in [-0.05, 0) is 50.7 Å². The summed E-state index contributed by atoms with van der Waals surface area (Å²) in [6.07, 6.45) is 1.96. The molecule has 0 saturated carbocycles. The zero-order valence-corrected chi connectivity index (χ0v) is 20.5. The molecule has 0 fully saturated rings. The first-order valence-electron chi connectivity index (χ1n) is 11.0. The number of carbonyl (C=O) groups is 6. The lowest BCUT2D eigenvalue weighted by Gasteiger charge is -2.25. The maximum absolute atomic E-state index is 12.9. The average molecular weight is 521 g/mol. The third-order valence-corrected chi connectivity index (χ3v) is 5.49. The van der Waals surface area contributed by atoms with Crippen LogP contribution < -0.4 is 33.2 Å². The van der Waals surface area contributed by atoms with E-state index in [9.17, 15) is 33.9 Å². The van der Waals surface area contributed by atoms with Crippen LogP contribution in [0.1, 0.15) is 44.9 Å². The predicted molar refractivity (Wildman–Crippen MR) is 128 cm³/mol. The number of nitrogens with two attached hydrogens (primary N) is 3. The summed E-state index contributed by atoms with van der Waals surface area (Å²) in [4.78, 5) is 71.3. The molecule has 0 aliphatic carbocycles. The molecule has 4 amide bonds. The highest BCUT2D eigenvalue weighted by molar-refractivity contribution is 7.98. The second-order valence-electron chi connectivity index (χ2n) is 7.80. The van der Waals surface area contributed by atoms with E-state index < -0.39 is 66.2 Å². The van der Waals surface area contributed by atoms with E-state index in [0.29, 0.717) is 25.1 Å². The van der Waals surface area contributed by atoms with E-state index in [4.69, 9.17) is 22.3 Å². The standard InChI is InChI=1S/C20H36N6O8S/c1-35-9-7-13(24-17(30)11(22)10-16(28)29)19(32)25-12(4-2-3-8-21)18(31)26-14(20(33)34)5-6-15(23)27/h11-14H,2-10,21-22H2,1H3,(H2,23,27)(H,24,30)(H,25,32)(H,26,31)(H,28,29)(H,33,34). The Balaban J connectivity index is 5.49. The SMILES string of the molecule is CSCCC(NC(=O)C(N)CC(=O)O)C(=O)NC(CCCCN)C(=O)NC(CCC(N)=O)C(=O)O. The first-order chi connectivity index (χ1) is 16.4. The zero-order chi connectivity index (χ0) is 27.0. The number of amides is 4. The lowest BCUT2D eigenvalue weighted by atomic mass is 10.1. The summed E-state index contributed by atoms with van der Waals surface area (Å²) in [7, 11) is 0. The Bertz CT molecular complexity index is 753. The minimum absolute atomic E-state index is 0.138. The van der Waals surface area contributed by atoms with Gasteiger partial charge in [-0.25, -0.2) is 4.79 Å². The normalized spacial score (nSPS) is 14.1. The fourth-order valence-corrected chi connectivity index (χ4v) is 3.39. The van der Waals surface area contributed by atoms with E-state index in [0.717, 1.165) is 0 Å². The van der Waals surface area contributed by atoms with Gasteiger partial charge in [0.05, 0.1) is 12.5 Å². The fraction of sp³-hybridized carbons (Fsp3) is 0.700. The first-order valence-corrected chi connectivity index (χ1v) is 12.4. The van der Waals surface area contributed by atoms with Crippen molar-refractivity contribution in [3.8, 4) is 0 Å². The summed E-state index contributed by atoms with van der Waals surface area (Å²) in [6, 6.07) is -5.03. The highest BCUT2D eigenvalue weighted by Gasteiger charge is 2.30. The number of hydrogen-bond donors (Lipinski definition) is 8. The first kappa shape index (κ1) is 32.1. The number of primary amides is 1. The van der Waals surface area contributed by atoms with Gasteiger partial charge in [0, 0.05) is 6.42 Å². The van der Waals surface area contributed by atoms with Crippen LogP contribution >= 0.6 is 11.8 Å². The minimum Gasteiger partial charge on any atom is -0.481 e. The van der Waals surface area contributed by atoms with Crippen molar-refractivity contribution in [3.63, 3.8) is 0 Å². The van der Waals surface area contributed by atoms with Crippen molar-refractivity contribution in [2.75, 3.05) is 18.6 Å². The number of thioether (sulfide) groups is 1. The van der Waals surface area contributed by atoms with E-state index >= 15 is 0 Å². The Morgan fingerprint density at radius 2 is 1.37 bits per heavy atom. The van der Waals surface area contributed by atoms with Crippen LogP contribution in [0.5, 0.6) is 0 Å². The Hall–Kier alpha value is -2.91. The van der Waals surface area contributed by atoms with Crippen LogP contribution in [0.3, 0.4) is 0 Å². The summed E-state index contributed by atoms with van der Waals surface area (Å²) in [5, 5.41) is 25.4. The molecule has 11 N–H and O–H groups in total. The molecule has 0 heterocycles. The van der Waals surface area contributed by atoms with E-state index in [1.165, 1.54) is 11.8 Å². The molecular formula is C20H36N6O8S. The number of hydrogen-bond acceptors (Lipinski definition) is 9. The maximum Gasteiger partial charge on any atom is 0.326 e. The van der Waals surface area contributed by atoms with Gasteiger partial charge < -0.3 is 43.4 Å². The fourth-order valence-electron chi connectivity index (χ4n) is 2.91. The molecule has 0 bridgehead atoms. The lowest BCUT2D eigenvalue weighted by molar-refractivity contribution is -0.142. The highest BCUT2D eigenvalue weighted by atomic mass is 32.2. The number of carbonyl (C=O) groups excluding carboxylic acids is 4. The molecule has 0 aromatic rings. The molecule has 0 aliphatic rings. The molecular weight excluding hydrogens is 484 g/mol. The van der Waals surface area contributed by atoms with Crippen LogP contribution in [0.2, 0.25) is 0 Å². The third-order valence-electron chi connectivity index (χ3n) is 4.85. The van der Waals surface area contributed by atoms with E-state index in [1.807, 2.05) is 0 Å². The molecule has 0 aromatic heterocycles. The number of carboxylic acids is 2. The lowest BCUT2D eigenvalue weighted by Crippen LogP contribution is -2.57. The highest BCUT2D eigenvalue weighted by Crippen LogP contribution is 2.07. The van der Waals surface area contributed by atoms with Crippen molar-refractivity contribution in [2.24, 2.45) is 17.2 Å². The summed E-state index contributed by atoms with van der Waals surface area (Å²) in [6.45, 7) is 0.340. The predicted octanol–water partition coefficient (Wildman–Crippen LogP) is -2.52. The van der Waals surface area contributed by atoms with Crippen molar-refractivity contribution in [1.29, 1.82) is 0 Å². The average Bonchev–Trinajstić information content (AvgIpc) is 2.77. The second-order valence-corrected chi connectivity index (χ2v) is 8.78. The minimum atomic E-state index is -1.40. The van der Waals surface area contributed by atoms with Gasteiger partial charge in [-0.1, -0.05) is 0 Å². The molecule has 4 atom stereocenters. The van der Waals surface area contributed by atoms with Crippen LogP contribution in [-0.2, 0) is 28.8 Å². The molecule has 0 aromatic carbocycles. The summed E-state index contributed by atoms with van der Waals surface area (Å²) in [5.74, 6) is -5.26. The van der Waals surface area contributed by atoms with Crippen molar-refractivity contribution in [3.05, 3.63) is 0 Å². The molecule has 0 aliphatic heterocycles. The maximum atomic E-state index is 12.9. The van der Waals surface area contributed by atoms with Gasteiger partial charge in [-0.3, -0.25) is 24.0 Å². The van der Waals surface area contributed by atoms with Gasteiger partial charge in [0.1, 0.15) is 18.1 Å². The van der Waals surface area contributed by atoms with Crippen molar-refractivity contribution < 1.29 is 39.0 Å². The van der Waals surface area contributed by atoms with Crippen molar-refractivity contribution >= 4 is 47.3 Å². The number of nitrogens with one attached hydrogen (secondary N) is 3. The molecule has 15 heteroatoms. The van der Waals surface area contributed by atoms with Gasteiger partial charge in [0.15, 0.2) is 0 Å². The van der Waals surface area contributed by atoms with Gasteiger partial charge in [0.25, 0.3) is 0 Å². The smallest absolute Gasteiger partial charge is 0.326 e. The zero-order valence-electron chi connectivity index (χ0n) is 19.7. The van der Waals surface area contributed by atoms with Crippen molar-refractivity contribution in [2.45, 2.75) is 69.1 Å². The molecule has 0 spiro atoms. The van der Waals surface area contributed by atoms with E-state index in [2.05, 4.69) is 16.0 Å². The Morgan fingerprint density at radius 3 is 1.86 bits per heavy atom. The van der Waals surface area contributed by atoms with Gasteiger partial charge in [0.2, 0.25) is 23.6 Å². The van der Waals surface area contributed by atoms with Gasteiger partial charge in [-0.2, -0.15) is 11.8 Å². The van der Waals surface area contributed by atoms with Gasteiger partial charge >= 0.3 is 11.9 Å². The van der Waals surface area contributed by atoms with E-state index in [-0.39, 0.29) is 25.7 Å². The van der Waals surface area contributed by atoms with Crippen molar-refractivity contribution in [1.82, 2.24) is 16.0 Å². The molecule has 0 rings (SSSR count). The Kier molecular flexibility index (Phi) is 16.1. The number of carboxylic acid groups (broad SMARTS) is 2. The molecule has 0 saturated heterocycles. The van der Waals surface area contributed by atoms with Crippen LogP contribution in [-0.4, -0.2) is 88.5 Å². The van der Waals surface area contributed by atoms with Crippen LogP contribution in [0.15, 0.2) is 0 Å². The van der Waals surface area contributed by atoms with Crippen LogP contribution in [0.25, 0.3) is 0 Å². The summed E-state index contributed by atoms with van der Waals surface area (Å²) < 4.78 is 0. The van der Waals surface area contributed by atoms with Crippen LogP contribution in [0, 0.1) is 0 Å². The molecule has 35 heavy (non-hydrogen) atoms. The van der Waals surface area contributed by atoms with Crippen LogP contribution in [0.4, 0.5) is 0 Å². The molecule has 200 valence electrons. The molecule has 4 unspecified atom stereocenters. The van der Waals surface area contributed by atoms with Gasteiger partial charge in [-0.15, -0.1) is 0 Å². The second kappa shape index (κ2) is 17.5. The molecule has 0 radical (unpaired) electrons. The summed E-state index contributed by atoms with van der Waals surface area (Å²) in [5.41, 5.74) is 16.1. The molecule has 14 nitrogen and oxygen atoms in total.